The van der Waals surface area contributed by atoms with Crippen LogP contribution < -0.4 is 5.32 Å². The molecular weight excluding hydrogens is 287 g/mol. The van der Waals surface area contributed by atoms with Gasteiger partial charge in [0.15, 0.2) is 0 Å². The van der Waals surface area contributed by atoms with E-state index in [-0.39, 0.29) is 12.8 Å². The van der Waals surface area contributed by atoms with Crippen LogP contribution in [0.3, 0.4) is 0 Å². The van der Waals surface area contributed by atoms with E-state index < -0.39 is 41.3 Å². The second-order valence-corrected chi connectivity index (χ2v) is 6.75. The molecule has 1 aliphatic rings. The van der Waals surface area contributed by atoms with E-state index in [4.69, 9.17) is 5.11 Å². The van der Waals surface area contributed by atoms with Gasteiger partial charge in [-0.2, -0.15) is 13.2 Å². The summed E-state index contributed by atoms with van der Waals surface area (Å²) in [6, 6.07) is -1.11. The fourth-order valence-electron chi connectivity index (χ4n) is 2.63. The summed E-state index contributed by atoms with van der Waals surface area (Å²) in [5.41, 5.74) is -0.709. The first-order valence-corrected chi connectivity index (χ1v) is 7.03. The van der Waals surface area contributed by atoms with Gasteiger partial charge in [0, 0.05) is 5.92 Å². The molecule has 21 heavy (non-hydrogen) atoms. The lowest BCUT2D eigenvalue weighted by Gasteiger charge is -2.33. The molecular formula is C14H22F3NO3. The molecule has 3 unspecified atom stereocenters. The number of hydrogen-bond acceptors (Lipinski definition) is 2. The molecule has 0 aromatic heterocycles. The first-order chi connectivity index (χ1) is 9.43. The summed E-state index contributed by atoms with van der Waals surface area (Å²) < 4.78 is 38.2. The van der Waals surface area contributed by atoms with E-state index in [2.05, 4.69) is 5.32 Å². The average Bonchev–Trinajstić information content (AvgIpc) is 2.33. The van der Waals surface area contributed by atoms with Crippen molar-refractivity contribution in [3.63, 3.8) is 0 Å². The normalized spacial score (nSPS) is 25.2. The maximum absolute atomic E-state index is 12.7. The quantitative estimate of drug-likeness (QED) is 0.842. The predicted octanol–water partition coefficient (Wildman–Crippen LogP) is 2.97. The number of nitrogens with one attached hydrogen (secondary N) is 1. The van der Waals surface area contributed by atoms with Crippen LogP contribution in [0.4, 0.5) is 13.2 Å². The Morgan fingerprint density at radius 2 is 1.76 bits per heavy atom. The van der Waals surface area contributed by atoms with Gasteiger partial charge < -0.3 is 10.4 Å². The van der Waals surface area contributed by atoms with Crippen LogP contribution in [-0.2, 0) is 9.59 Å². The number of carboxylic acid groups (broad SMARTS) is 1. The number of carbonyl (C=O) groups is 2. The number of halogens is 3. The number of carbonyl (C=O) groups excluding carboxylic acids is 1. The number of aliphatic carboxylic acids is 1. The zero-order valence-corrected chi connectivity index (χ0v) is 12.5. The van der Waals surface area contributed by atoms with Crippen molar-refractivity contribution >= 4 is 11.9 Å². The predicted molar refractivity (Wildman–Crippen MR) is 70.5 cm³/mol. The molecule has 0 aromatic carbocycles. The van der Waals surface area contributed by atoms with E-state index in [1.165, 1.54) is 0 Å². The lowest BCUT2D eigenvalue weighted by Crippen LogP contribution is -2.51. The molecule has 0 heterocycles. The maximum Gasteiger partial charge on any atom is 0.391 e. The summed E-state index contributed by atoms with van der Waals surface area (Å²) in [7, 11) is 0. The molecule has 0 aliphatic heterocycles. The molecule has 0 saturated heterocycles. The topological polar surface area (TPSA) is 66.4 Å². The highest BCUT2D eigenvalue weighted by molar-refractivity contribution is 5.85. The average molecular weight is 309 g/mol. The van der Waals surface area contributed by atoms with Crippen LogP contribution in [0.5, 0.6) is 0 Å². The van der Waals surface area contributed by atoms with Gasteiger partial charge in [0.05, 0.1) is 5.92 Å². The van der Waals surface area contributed by atoms with Gasteiger partial charge >= 0.3 is 12.1 Å². The molecule has 0 spiro atoms. The minimum atomic E-state index is -4.30. The van der Waals surface area contributed by atoms with Gasteiger partial charge in [0.25, 0.3) is 0 Å². The maximum atomic E-state index is 12.7. The van der Waals surface area contributed by atoms with E-state index in [9.17, 15) is 22.8 Å². The van der Waals surface area contributed by atoms with E-state index in [0.717, 1.165) is 0 Å². The number of alkyl halides is 3. The molecule has 122 valence electrons. The van der Waals surface area contributed by atoms with Gasteiger partial charge in [-0.3, -0.25) is 4.79 Å². The molecule has 1 aliphatic carbocycles. The third kappa shape index (κ3) is 4.89. The Kier molecular flexibility index (Phi) is 5.28. The molecule has 7 heteroatoms. The Morgan fingerprint density at radius 3 is 2.19 bits per heavy atom. The van der Waals surface area contributed by atoms with Crippen LogP contribution in [-0.4, -0.2) is 29.2 Å². The van der Waals surface area contributed by atoms with Crippen LogP contribution >= 0.6 is 0 Å². The Bertz CT molecular complexity index is 401. The Balaban J connectivity index is 2.72. The van der Waals surface area contributed by atoms with Crippen molar-refractivity contribution in [1.29, 1.82) is 0 Å². The van der Waals surface area contributed by atoms with Gasteiger partial charge in [0.1, 0.15) is 6.04 Å². The van der Waals surface area contributed by atoms with Crippen molar-refractivity contribution in [3.05, 3.63) is 0 Å². The summed E-state index contributed by atoms with van der Waals surface area (Å²) >= 11 is 0. The van der Waals surface area contributed by atoms with Crippen molar-refractivity contribution in [1.82, 2.24) is 5.32 Å². The van der Waals surface area contributed by atoms with Gasteiger partial charge in [-0.05, 0) is 24.7 Å². The minimum absolute atomic E-state index is 0.0366. The molecule has 1 amide bonds. The Hall–Kier alpha value is -1.27. The SMILES string of the molecule is CC(C)(C)C(NC(=O)C1CCCC(C(F)(F)F)C1)C(=O)O. The first kappa shape index (κ1) is 17.8. The van der Waals surface area contributed by atoms with E-state index in [1.54, 1.807) is 20.8 Å². The second-order valence-electron chi connectivity index (χ2n) is 6.75. The van der Waals surface area contributed by atoms with Crippen LogP contribution in [0, 0.1) is 17.3 Å². The highest BCUT2D eigenvalue weighted by Gasteiger charge is 2.44. The summed E-state index contributed by atoms with van der Waals surface area (Å²) in [6.07, 6.45) is -3.82. The van der Waals surface area contributed by atoms with Gasteiger partial charge in [-0.25, -0.2) is 4.79 Å². The monoisotopic (exact) mass is 309 g/mol. The molecule has 2 N–H and O–H groups in total. The molecule has 0 bridgehead atoms. The zero-order valence-electron chi connectivity index (χ0n) is 12.5. The highest BCUT2D eigenvalue weighted by Crippen LogP contribution is 2.40. The fraction of sp³-hybridized carbons (Fsp3) is 0.857. The van der Waals surface area contributed by atoms with Crippen LogP contribution in [0.15, 0.2) is 0 Å². The van der Waals surface area contributed by atoms with E-state index in [1.807, 2.05) is 0 Å². The first-order valence-electron chi connectivity index (χ1n) is 7.03. The van der Waals surface area contributed by atoms with E-state index in [0.29, 0.717) is 12.8 Å². The van der Waals surface area contributed by atoms with Crippen molar-refractivity contribution in [3.8, 4) is 0 Å². The minimum Gasteiger partial charge on any atom is -0.480 e. The molecule has 1 fully saturated rings. The highest BCUT2D eigenvalue weighted by atomic mass is 19.4. The lowest BCUT2D eigenvalue weighted by molar-refractivity contribution is -0.186. The molecule has 4 nitrogen and oxygen atoms in total. The third-order valence-electron chi connectivity index (χ3n) is 3.91. The fourth-order valence-corrected chi connectivity index (χ4v) is 2.63. The number of amides is 1. The Labute approximate surface area is 122 Å². The molecule has 0 radical (unpaired) electrons. The molecule has 1 saturated carbocycles. The summed E-state index contributed by atoms with van der Waals surface area (Å²) in [5, 5.41) is 11.5. The van der Waals surface area contributed by atoms with Crippen molar-refractivity contribution < 1.29 is 27.9 Å². The summed E-state index contributed by atoms with van der Waals surface area (Å²) in [5.74, 6) is -4.01. The molecule has 0 aromatic rings. The number of hydrogen-bond donors (Lipinski definition) is 2. The van der Waals surface area contributed by atoms with Crippen molar-refractivity contribution in [2.45, 2.75) is 58.7 Å². The number of rotatable bonds is 3. The largest absolute Gasteiger partial charge is 0.480 e. The van der Waals surface area contributed by atoms with Gasteiger partial charge in [0.2, 0.25) is 5.91 Å². The molecule has 3 atom stereocenters. The smallest absolute Gasteiger partial charge is 0.391 e. The van der Waals surface area contributed by atoms with E-state index >= 15 is 0 Å². The lowest BCUT2D eigenvalue weighted by atomic mass is 9.79. The van der Waals surface area contributed by atoms with Crippen molar-refractivity contribution in [2.75, 3.05) is 0 Å². The number of carboxylic acids is 1. The van der Waals surface area contributed by atoms with Crippen LogP contribution in [0.2, 0.25) is 0 Å². The molecule has 1 rings (SSSR count). The van der Waals surface area contributed by atoms with Crippen LogP contribution in [0.25, 0.3) is 0 Å². The van der Waals surface area contributed by atoms with Gasteiger partial charge in [-0.15, -0.1) is 0 Å². The van der Waals surface area contributed by atoms with Gasteiger partial charge in [-0.1, -0.05) is 27.2 Å². The van der Waals surface area contributed by atoms with Crippen LogP contribution in [0.1, 0.15) is 46.5 Å². The summed E-state index contributed by atoms with van der Waals surface area (Å²) in [6.45, 7) is 4.97. The summed E-state index contributed by atoms with van der Waals surface area (Å²) in [4.78, 5) is 23.3. The standard InChI is InChI=1S/C14H22F3NO3/c1-13(2,3)10(12(20)21)18-11(19)8-5-4-6-9(7-8)14(15,16)17/h8-10H,4-7H2,1-3H3,(H,18,19)(H,20,21). The Morgan fingerprint density at radius 1 is 1.19 bits per heavy atom. The third-order valence-corrected chi connectivity index (χ3v) is 3.91. The zero-order chi connectivity index (χ0) is 16.4. The van der Waals surface area contributed by atoms with Crippen molar-refractivity contribution in [2.24, 2.45) is 17.3 Å². The second kappa shape index (κ2) is 6.23.